The van der Waals surface area contributed by atoms with E-state index in [1.165, 1.54) is 6.08 Å². The van der Waals surface area contributed by atoms with Gasteiger partial charge in [0.15, 0.2) is 11.6 Å². The molecule has 0 aromatic heterocycles. The van der Waals surface area contributed by atoms with Crippen molar-refractivity contribution in [2.75, 3.05) is 5.75 Å². The van der Waals surface area contributed by atoms with Crippen LogP contribution in [-0.2, 0) is 0 Å². The molecule has 0 saturated heterocycles. The van der Waals surface area contributed by atoms with Crippen LogP contribution in [0.15, 0.2) is 18.2 Å². The first-order chi connectivity index (χ1) is 6.69. The van der Waals surface area contributed by atoms with Crippen LogP contribution in [0.3, 0.4) is 0 Å². The topological polar surface area (TPSA) is 23.8 Å². The Balaban J connectivity index is 3.22. The van der Waals surface area contributed by atoms with Crippen LogP contribution in [0, 0.1) is 23.0 Å². The molecule has 0 N–H and O–H groups in total. The molecule has 0 aliphatic carbocycles. The Morgan fingerprint density at radius 3 is 2.57 bits per heavy atom. The lowest BCUT2D eigenvalue weighted by Gasteiger charge is -1.99. The molecule has 72 valence electrons. The fourth-order valence-corrected chi connectivity index (χ4v) is 1.08. The van der Waals surface area contributed by atoms with Gasteiger partial charge in [-0.05, 0) is 17.7 Å². The normalized spacial score (nSPS) is 10.4. The summed E-state index contributed by atoms with van der Waals surface area (Å²) in [6, 6.07) is 3.67. The van der Waals surface area contributed by atoms with E-state index < -0.39 is 11.6 Å². The summed E-state index contributed by atoms with van der Waals surface area (Å²) in [5.41, 5.74) is 0.474. The van der Waals surface area contributed by atoms with E-state index in [9.17, 15) is 8.78 Å². The van der Waals surface area contributed by atoms with Crippen molar-refractivity contribution in [2.24, 2.45) is 0 Å². The van der Waals surface area contributed by atoms with Gasteiger partial charge in [-0.3, -0.25) is 0 Å². The second-order valence-corrected chi connectivity index (χ2v) is 2.92. The molecular formula is C10H7F2NS. The Kier molecular flexibility index (Phi) is 3.66. The summed E-state index contributed by atoms with van der Waals surface area (Å²) in [6.45, 7) is 0. The van der Waals surface area contributed by atoms with Gasteiger partial charge in [-0.1, -0.05) is 12.2 Å². The third-order valence-corrected chi connectivity index (χ3v) is 1.83. The third kappa shape index (κ3) is 2.33. The monoisotopic (exact) mass is 211 g/mol. The van der Waals surface area contributed by atoms with E-state index in [1.807, 2.05) is 0 Å². The van der Waals surface area contributed by atoms with Crippen LogP contribution in [0.1, 0.15) is 11.1 Å². The van der Waals surface area contributed by atoms with E-state index in [0.717, 1.165) is 12.1 Å². The van der Waals surface area contributed by atoms with Gasteiger partial charge in [0, 0.05) is 5.75 Å². The molecule has 1 aromatic rings. The van der Waals surface area contributed by atoms with Crippen LogP contribution in [-0.4, -0.2) is 5.75 Å². The fraction of sp³-hybridized carbons (Fsp3) is 0.100. The highest BCUT2D eigenvalue weighted by molar-refractivity contribution is 7.80. The summed E-state index contributed by atoms with van der Waals surface area (Å²) in [4.78, 5) is 0. The van der Waals surface area contributed by atoms with E-state index in [4.69, 9.17) is 5.26 Å². The largest absolute Gasteiger partial charge is 0.204 e. The molecular weight excluding hydrogens is 204 g/mol. The number of halogens is 2. The van der Waals surface area contributed by atoms with E-state index in [0.29, 0.717) is 11.3 Å². The van der Waals surface area contributed by atoms with E-state index >= 15 is 0 Å². The van der Waals surface area contributed by atoms with Crippen molar-refractivity contribution in [3.63, 3.8) is 0 Å². The molecule has 4 heteroatoms. The molecule has 1 rings (SSSR count). The summed E-state index contributed by atoms with van der Waals surface area (Å²) >= 11 is 3.92. The van der Waals surface area contributed by atoms with E-state index in [-0.39, 0.29) is 5.56 Å². The molecule has 0 aliphatic heterocycles. The molecule has 0 spiro atoms. The van der Waals surface area contributed by atoms with Crippen LogP contribution in [0.2, 0.25) is 0 Å². The third-order valence-electron chi connectivity index (χ3n) is 1.62. The Labute approximate surface area is 86.1 Å². The van der Waals surface area contributed by atoms with Gasteiger partial charge in [0.05, 0.1) is 11.6 Å². The molecule has 0 radical (unpaired) electrons. The molecule has 0 saturated carbocycles. The lowest BCUT2D eigenvalue weighted by atomic mass is 10.1. The molecule has 1 aromatic carbocycles. The number of nitrogens with zero attached hydrogens (tertiary/aromatic N) is 1. The lowest BCUT2D eigenvalue weighted by Crippen LogP contribution is -1.90. The smallest absolute Gasteiger partial charge is 0.160 e. The average Bonchev–Trinajstić information content (AvgIpc) is 2.19. The Hall–Kier alpha value is -1.34. The summed E-state index contributed by atoms with van der Waals surface area (Å²) in [5, 5.41) is 8.64. The van der Waals surface area contributed by atoms with Gasteiger partial charge in [0.25, 0.3) is 0 Å². The number of hydrogen-bond donors (Lipinski definition) is 1. The quantitative estimate of drug-likeness (QED) is 0.747. The molecule has 0 amide bonds. The zero-order valence-electron chi connectivity index (χ0n) is 7.17. The number of hydrogen-bond acceptors (Lipinski definition) is 2. The van der Waals surface area contributed by atoms with Gasteiger partial charge < -0.3 is 0 Å². The predicted molar refractivity (Wildman–Crippen MR) is 54.0 cm³/mol. The second kappa shape index (κ2) is 4.77. The van der Waals surface area contributed by atoms with Crippen molar-refractivity contribution >= 4 is 18.7 Å². The highest BCUT2D eigenvalue weighted by Gasteiger charge is 2.06. The SMILES string of the molecule is N#Cc1cc(F)c(F)cc1C=CCS. The molecule has 0 aliphatic rings. The zero-order chi connectivity index (χ0) is 10.6. The van der Waals surface area contributed by atoms with Crippen molar-refractivity contribution in [2.45, 2.75) is 0 Å². The van der Waals surface area contributed by atoms with Crippen LogP contribution in [0.5, 0.6) is 0 Å². The molecule has 1 nitrogen and oxygen atoms in total. The maximum atomic E-state index is 12.8. The second-order valence-electron chi connectivity index (χ2n) is 2.55. The van der Waals surface area contributed by atoms with Crippen LogP contribution in [0.25, 0.3) is 6.08 Å². The highest BCUT2D eigenvalue weighted by Crippen LogP contribution is 2.15. The lowest BCUT2D eigenvalue weighted by molar-refractivity contribution is 0.508. The standard InChI is InChI=1S/C10H7F2NS/c11-9-4-7(2-1-3-14)8(6-13)5-10(9)12/h1-2,4-5,14H,3H2. The number of thiol groups is 1. The first kappa shape index (κ1) is 10.7. The number of rotatable bonds is 2. The van der Waals surface area contributed by atoms with Crippen LogP contribution in [0.4, 0.5) is 8.78 Å². The zero-order valence-corrected chi connectivity index (χ0v) is 8.06. The first-order valence-electron chi connectivity index (χ1n) is 3.85. The maximum absolute atomic E-state index is 12.8. The maximum Gasteiger partial charge on any atom is 0.160 e. The minimum atomic E-state index is -1.01. The van der Waals surface area contributed by atoms with Crippen molar-refractivity contribution in [1.29, 1.82) is 5.26 Å². The van der Waals surface area contributed by atoms with Gasteiger partial charge in [-0.25, -0.2) is 8.78 Å². The Bertz CT molecular complexity index is 407. The Morgan fingerprint density at radius 2 is 2.00 bits per heavy atom. The van der Waals surface area contributed by atoms with E-state index in [1.54, 1.807) is 12.1 Å². The van der Waals surface area contributed by atoms with Crippen molar-refractivity contribution in [3.8, 4) is 6.07 Å². The van der Waals surface area contributed by atoms with Gasteiger partial charge in [0.1, 0.15) is 0 Å². The van der Waals surface area contributed by atoms with Crippen molar-refractivity contribution in [1.82, 2.24) is 0 Å². The summed E-state index contributed by atoms with van der Waals surface area (Å²) < 4.78 is 25.5. The van der Waals surface area contributed by atoms with Crippen molar-refractivity contribution < 1.29 is 8.78 Å². The van der Waals surface area contributed by atoms with Gasteiger partial charge in [-0.2, -0.15) is 17.9 Å². The number of nitriles is 1. The first-order valence-corrected chi connectivity index (χ1v) is 4.49. The minimum absolute atomic E-state index is 0.113. The van der Waals surface area contributed by atoms with Crippen LogP contribution < -0.4 is 0 Å². The Morgan fingerprint density at radius 1 is 1.36 bits per heavy atom. The molecule has 0 heterocycles. The van der Waals surface area contributed by atoms with Crippen LogP contribution >= 0.6 is 12.6 Å². The molecule has 0 unspecified atom stereocenters. The molecule has 14 heavy (non-hydrogen) atoms. The summed E-state index contributed by atoms with van der Waals surface area (Å²) in [7, 11) is 0. The minimum Gasteiger partial charge on any atom is -0.204 e. The van der Waals surface area contributed by atoms with Gasteiger partial charge >= 0.3 is 0 Å². The molecule has 0 bridgehead atoms. The highest BCUT2D eigenvalue weighted by atomic mass is 32.1. The van der Waals surface area contributed by atoms with E-state index in [2.05, 4.69) is 12.6 Å². The van der Waals surface area contributed by atoms with Gasteiger partial charge in [0.2, 0.25) is 0 Å². The summed E-state index contributed by atoms with van der Waals surface area (Å²) in [5.74, 6) is -1.49. The average molecular weight is 211 g/mol. The number of benzene rings is 1. The van der Waals surface area contributed by atoms with Gasteiger partial charge in [-0.15, -0.1) is 0 Å². The molecule has 0 atom stereocenters. The molecule has 0 fully saturated rings. The summed E-state index contributed by atoms with van der Waals surface area (Å²) in [6.07, 6.45) is 3.19. The fourth-order valence-electron chi connectivity index (χ4n) is 0.977. The van der Waals surface area contributed by atoms with Crippen molar-refractivity contribution in [3.05, 3.63) is 41.0 Å². The predicted octanol–water partition coefficient (Wildman–Crippen LogP) is 2.78.